The van der Waals surface area contributed by atoms with E-state index in [2.05, 4.69) is 4.90 Å². The molecule has 0 bridgehead atoms. The standard InChI is InChI=1S/C14H20N2O2/c15-14(17)13-8-4-5-9-16(13)10-11-18-12-6-2-1-3-7-12/h1-3,6-7,13H,4-5,8-11H2,(H2,15,17). The van der Waals surface area contributed by atoms with E-state index in [1.807, 2.05) is 30.3 Å². The van der Waals surface area contributed by atoms with Gasteiger partial charge in [-0.1, -0.05) is 24.6 Å². The molecule has 1 fully saturated rings. The Morgan fingerprint density at radius 1 is 1.33 bits per heavy atom. The molecule has 1 aliphatic rings. The average Bonchev–Trinajstić information content (AvgIpc) is 2.40. The van der Waals surface area contributed by atoms with Crippen LogP contribution in [0.2, 0.25) is 0 Å². The van der Waals surface area contributed by atoms with Crippen LogP contribution in [0, 0.1) is 0 Å². The Morgan fingerprint density at radius 3 is 2.83 bits per heavy atom. The summed E-state index contributed by atoms with van der Waals surface area (Å²) in [4.78, 5) is 13.5. The highest BCUT2D eigenvalue weighted by atomic mass is 16.5. The minimum atomic E-state index is -0.214. The number of rotatable bonds is 5. The van der Waals surface area contributed by atoms with Crippen molar-refractivity contribution in [3.8, 4) is 5.75 Å². The number of piperidine rings is 1. The lowest BCUT2D eigenvalue weighted by Gasteiger charge is -2.33. The number of para-hydroxylation sites is 1. The van der Waals surface area contributed by atoms with Crippen molar-refractivity contribution in [3.63, 3.8) is 0 Å². The van der Waals surface area contributed by atoms with E-state index in [0.29, 0.717) is 6.61 Å². The number of ether oxygens (including phenoxy) is 1. The number of carbonyl (C=O) groups excluding carboxylic acids is 1. The first-order chi connectivity index (χ1) is 8.77. The third kappa shape index (κ3) is 3.47. The molecule has 0 aliphatic carbocycles. The number of nitrogens with two attached hydrogens (primary N) is 1. The van der Waals surface area contributed by atoms with Crippen LogP contribution in [0.25, 0.3) is 0 Å². The van der Waals surface area contributed by atoms with E-state index in [-0.39, 0.29) is 11.9 Å². The first-order valence-corrected chi connectivity index (χ1v) is 6.48. The first kappa shape index (κ1) is 12.9. The molecule has 0 aromatic heterocycles. The van der Waals surface area contributed by atoms with Gasteiger partial charge in [-0.3, -0.25) is 9.69 Å². The van der Waals surface area contributed by atoms with Crippen molar-refractivity contribution in [2.24, 2.45) is 5.73 Å². The fourth-order valence-electron chi connectivity index (χ4n) is 2.38. The van der Waals surface area contributed by atoms with Crippen molar-refractivity contribution in [1.82, 2.24) is 4.90 Å². The molecule has 1 unspecified atom stereocenters. The molecule has 1 saturated heterocycles. The van der Waals surface area contributed by atoms with Gasteiger partial charge in [0.15, 0.2) is 0 Å². The highest BCUT2D eigenvalue weighted by Crippen LogP contribution is 2.16. The summed E-state index contributed by atoms with van der Waals surface area (Å²) in [6.45, 7) is 2.28. The summed E-state index contributed by atoms with van der Waals surface area (Å²) in [6.07, 6.45) is 3.10. The van der Waals surface area contributed by atoms with Crippen LogP contribution in [0.1, 0.15) is 19.3 Å². The largest absolute Gasteiger partial charge is 0.492 e. The van der Waals surface area contributed by atoms with E-state index in [1.54, 1.807) is 0 Å². The van der Waals surface area contributed by atoms with E-state index in [9.17, 15) is 4.79 Å². The lowest BCUT2D eigenvalue weighted by atomic mass is 10.0. The van der Waals surface area contributed by atoms with Crippen LogP contribution in [0.4, 0.5) is 0 Å². The zero-order valence-corrected chi connectivity index (χ0v) is 10.5. The number of amides is 1. The minimum Gasteiger partial charge on any atom is -0.492 e. The highest BCUT2D eigenvalue weighted by molar-refractivity contribution is 5.79. The molecule has 4 nitrogen and oxygen atoms in total. The lowest BCUT2D eigenvalue weighted by molar-refractivity contribution is -0.124. The number of primary amides is 1. The molecule has 0 spiro atoms. The maximum Gasteiger partial charge on any atom is 0.234 e. The van der Waals surface area contributed by atoms with Crippen molar-refractivity contribution in [2.45, 2.75) is 25.3 Å². The van der Waals surface area contributed by atoms with E-state index in [0.717, 1.165) is 38.1 Å². The molecule has 0 saturated carbocycles. The van der Waals surface area contributed by atoms with E-state index >= 15 is 0 Å². The molecule has 1 amide bonds. The second-order valence-corrected chi connectivity index (χ2v) is 4.61. The van der Waals surface area contributed by atoms with Crippen LogP contribution in [-0.2, 0) is 4.79 Å². The van der Waals surface area contributed by atoms with Gasteiger partial charge in [0.2, 0.25) is 5.91 Å². The number of likely N-dealkylation sites (tertiary alicyclic amines) is 1. The van der Waals surface area contributed by atoms with Crippen LogP contribution in [0.3, 0.4) is 0 Å². The predicted octanol–water partition coefficient (Wildman–Crippen LogP) is 1.41. The van der Waals surface area contributed by atoms with E-state index in [1.165, 1.54) is 0 Å². The molecule has 4 heteroatoms. The van der Waals surface area contributed by atoms with Crippen molar-refractivity contribution >= 4 is 5.91 Å². The Balaban J connectivity index is 1.79. The summed E-state index contributed by atoms with van der Waals surface area (Å²) >= 11 is 0. The first-order valence-electron chi connectivity index (χ1n) is 6.48. The lowest BCUT2D eigenvalue weighted by Crippen LogP contribution is -2.48. The van der Waals surface area contributed by atoms with Crippen LogP contribution in [-0.4, -0.2) is 36.5 Å². The monoisotopic (exact) mass is 248 g/mol. The van der Waals surface area contributed by atoms with Crippen molar-refractivity contribution in [1.29, 1.82) is 0 Å². The van der Waals surface area contributed by atoms with Crippen LogP contribution >= 0.6 is 0 Å². The SMILES string of the molecule is NC(=O)C1CCCCN1CCOc1ccccc1. The van der Waals surface area contributed by atoms with Gasteiger partial charge >= 0.3 is 0 Å². The molecule has 2 N–H and O–H groups in total. The molecule has 1 atom stereocenters. The van der Waals surface area contributed by atoms with Gasteiger partial charge in [-0.2, -0.15) is 0 Å². The van der Waals surface area contributed by atoms with Crippen LogP contribution in [0.15, 0.2) is 30.3 Å². The molecular formula is C14H20N2O2. The maximum atomic E-state index is 11.3. The van der Waals surface area contributed by atoms with Crippen molar-refractivity contribution in [3.05, 3.63) is 30.3 Å². The Labute approximate surface area is 108 Å². The molecule has 18 heavy (non-hydrogen) atoms. The second-order valence-electron chi connectivity index (χ2n) is 4.61. The average molecular weight is 248 g/mol. The molecule has 1 aliphatic heterocycles. The van der Waals surface area contributed by atoms with Crippen molar-refractivity contribution in [2.75, 3.05) is 19.7 Å². The number of benzene rings is 1. The van der Waals surface area contributed by atoms with Crippen molar-refractivity contribution < 1.29 is 9.53 Å². The van der Waals surface area contributed by atoms with Gasteiger partial charge in [0.25, 0.3) is 0 Å². The molecule has 0 radical (unpaired) electrons. The molecule has 98 valence electrons. The smallest absolute Gasteiger partial charge is 0.234 e. The summed E-state index contributed by atoms with van der Waals surface area (Å²) in [7, 11) is 0. The van der Waals surface area contributed by atoms with Gasteiger partial charge in [-0.15, -0.1) is 0 Å². The predicted molar refractivity (Wildman–Crippen MR) is 70.3 cm³/mol. The van der Waals surface area contributed by atoms with Gasteiger partial charge in [-0.05, 0) is 31.5 Å². The minimum absolute atomic E-state index is 0.113. The fourth-order valence-corrected chi connectivity index (χ4v) is 2.38. The van der Waals surface area contributed by atoms with Crippen LogP contribution < -0.4 is 10.5 Å². The number of hydrogen-bond acceptors (Lipinski definition) is 3. The quantitative estimate of drug-likeness (QED) is 0.857. The fraction of sp³-hybridized carbons (Fsp3) is 0.500. The van der Waals surface area contributed by atoms with Gasteiger partial charge in [0.1, 0.15) is 12.4 Å². The Kier molecular flexibility index (Phi) is 4.59. The third-order valence-electron chi connectivity index (χ3n) is 3.33. The zero-order valence-electron chi connectivity index (χ0n) is 10.5. The summed E-state index contributed by atoms with van der Waals surface area (Å²) in [6, 6.07) is 9.60. The molecule has 1 heterocycles. The van der Waals surface area contributed by atoms with Gasteiger partial charge in [0, 0.05) is 6.54 Å². The summed E-state index contributed by atoms with van der Waals surface area (Å²) in [5.41, 5.74) is 5.42. The number of carbonyl (C=O) groups is 1. The molecule has 2 rings (SSSR count). The Morgan fingerprint density at radius 2 is 2.11 bits per heavy atom. The number of hydrogen-bond donors (Lipinski definition) is 1. The summed E-state index contributed by atoms with van der Waals surface area (Å²) < 4.78 is 5.64. The Hall–Kier alpha value is -1.55. The van der Waals surface area contributed by atoms with Gasteiger partial charge in [0.05, 0.1) is 6.04 Å². The van der Waals surface area contributed by atoms with E-state index in [4.69, 9.17) is 10.5 Å². The van der Waals surface area contributed by atoms with E-state index < -0.39 is 0 Å². The third-order valence-corrected chi connectivity index (χ3v) is 3.33. The molecule has 1 aromatic carbocycles. The Bertz CT molecular complexity index is 381. The second kappa shape index (κ2) is 6.40. The summed E-state index contributed by atoms with van der Waals surface area (Å²) in [5.74, 6) is 0.652. The highest BCUT2D eigenvalue weighted by Gasteiger charge is 2.26. The van der Waals surface area contributed by atoms with Gasteiger partial charge < -0.3 is 10.5 Å². The number of nitrogens with zero attached hydrogens (tertiary/aromatic N) is 1. The maximum absolute atomic E-state index is 11.3. The topological polar surface area (TPSA) is 55.6 Å². The van der Waals surface area contributed by atoms with Crippen LogP contribution in [0.5, 0.6) is 5.75 Å². The molecular weight excluding hydrogens is 228 g/mol. The normalized spacial score (nSPS) is 20.6. The summed E-state index contributed by atoms with van der Waals surface area (Å²) in [5, 5.41) is 0. The molecule has 1 aromatic rings. The van der Waals surface area contributed by atoms with Gasteiger partial charge in [-0.25, -0.2) is 0 Å². The zero-order chi connectivity index (χ0) is 12.8.